The van der Waals surface area contributed by atoms with Crippen molar-refractivity contribution in [1.82, 2.24) is 0 Å². The summed E-state index contributed by atoms with van der Waals surface area (Å²) in [6.45, 7) is 1.73. The number of nitrogens with one attached hydrogen (secondary N) is 1. The zero-order valence-electron chi connectivity index (χ0n) is 11.0. The van der Waals surface area contributed by atoms with Gasteiger partial charge in [-0.1, -0.05) is 17.7 Å². The fourth-order valence-electron chi connectivity index (χ4n) is 1.68. The molecule has 0 spiro atoms. The largest absolute Gasteiger partial charge is 0.508 e. The second kappa shape index (κ2) is 5.80. The van der Waals surface area contributed by atoms with Crippen LogP contribution in [0.4, 0.5) is 11.4 Å². The number of aromatic hydroxyl groups is 1. The van der Waals surface area contributed by atoms with Crippen LogP contribution in [-0.2, 0) is 0 Å². The lowest BCUT2D eigenvalue weighted by Gasteiger charge is -2.07. The van der Waals surface area contributed by atoms with Gasteiger partial charge >= 0.3 is 0 Å². The van der Waals surface area contributed by atoms with E-state index in [-0.39, 0.29) is 22.0 Å². The Morgan fingerprint density at radius 3 is 2.62 bits per heavy atom. The van der Waals surface area contributed by atoms with Crippen LogP contribution in [0.3, 0.4) is 0 Å². The quantitative estimate of drug-likeness (QED) is 0.670. The molecular weight excluding hydrogens is 296 g/mol. The van der Waals surface area contributed by atoms with Crippen molar-refractivity contribution in [2.75, 3.05) is 5.32 Å². The highest BCUT2D eigenvalue weighted by Crippen LogP contribution is 2.26. The summed E-state index contributed by atoms with van der Waals surface area (Å²) in [6.07, 6.45) is 0. The van der Waals surface area contributed by atoms with E-state index in [1.165, 1.54) is 18.2 Å². The fourth-order valence-corrected chi connectivity index (χ4v) is 1.87. The predicted octanol–water partition coefficient (Wildman–Crippen LogP) is 3.51. The maximum atomic E-state index is 12.0. The molecule has 0 fully saturated rings. The number of carbonyl (C=O) groups excluding carboxylic acids is 1. The molecule has 0 aromatic heterocycles. The zero-order chi connectivity index (χ0) is 15.6. The van der Waals surface area contributed by atoms with Crippen molar-refractivity contribution in [1.29, 1.82) is 0 Å². The number of halogens is 1. The van der Waals surface area contributed by atoms with Crippen LogP contribution in [0.5, 0.6) is 5.75 Å². The number of anilines is 1. The van der Waals surface area contributed by atoms with Crippen molar-refractivity contribution in [3.63, 3.8) is 0 Å². The minimum atomic E-state index is -0.656. The molecule has 0 radical (unpaired) electrons. The monoisotopic (exact) mass is 306 g/mol. The molecule has 0 heterocycles. The summed E-state index contributed by atoms with van der Waals surface area (Å²) in [5.41, 5.74) is 0.832. The van der Waals surface area contributed by atoms with Gasteiger partial charge in [0.15, 0.2) is 0 Å². The summed E-state index contributed by atoms with van der Waals surface area (Å²) in [5.74, 6) is -0.479. The summed E-state index contributed by atoms with van der Waals surface area (Å²) in [4.78, 5) is 22.2. The Balaban J connectivity index is 2.26. The van der Waals surface area contributed by atoms with Crippen LogP contribution >= 0.6 is 11.6 Å². The normalized spacial score (nSPS) is 10.2. The van der Waals surface area contributed by atoms with E-state index >= 15 is 0 Å². The minimum absolute atomic E-state index is 0.0375. The second-order valence-electron chi connectivity index (χ2n) is 4.38. The van der Waals surface area contributed by atoms with Gasteiger partial charge in [-0.15, -0.1) is 0 Å². The first-order valence-corrected chi connectivity index (χ1v) is 6.31. The van der Waals surface area contributed by atoms with Crippen LogP contribution in [0, 0.1) is 17.0 Å². The molecule has 6 nitrogen and oxygen atoms in total. The first-order valence-electron chi connectivity index (χ1n) is 5.93. The van der Waals surface area contributed by atoms with Gasteiger partial charge in [0.05, 0.1) is 4.92 Å². The topological polar surface area (TPSA) is 92.5 Å². The third-order valence-corrected chi connectivity index (χ3v) is 3.19. The number of rotatable bonds is 3. The van der Waals surface area contributed by atoms with E-state index in [0.717, 1.165) is 6.07 Å². The minimum Gasteiger partial charge on any atom is -0.508 e. The summed E-state index contributed by atoms with van der Waals surface area (Å²) in [5, 5.41) is 22.9. The van der Waals surface area contributed by atoms with Gasteiger partial charge in [-0.2, -0.15) is 0 Å². The summed E-state index contributed by atoms with van der Waals surface area (Å²) >= 11 is 5.69. The Morgan fingerprint density at radius 2 is 2.00 bits per heavy atom. The summed E-state index contributed by atoms with van der Waals surface area (Å²) < 4.78 is 0. The maximum absolute atomic E-state index is 12.0. The number of phenolic OH excluding ortho intramolecular Hbond substituents is 1. The molecule has 2 rings (SSSR count). The number of nitro groups is 1. The van der Waals surface area contributed by atoms with E-state index in [1.54, 1.807) is 19.1 Å². The summed E-state index contributed by atoms with van der Waals surface area (Å²) in [7, 11) is 0. The molecule has 0 atom stereocenters. The van der Waals surface area contributed by atoms with Gasteiger partial charge in [-0.25, -0.2) is 0 Å². The fraction of sp³-hybridized carbons (Fsp3) is 0.0714. The molecule has 7 heteroatoms. The third-order valence-electron chi connectivity index (χ3n) is 2.87. The molecule has 21 heavy (non-hydrogen) atoms. The highest BCUT2D eigenvalue weighted by Gasteiger charge is 2.16. The number of aryl methyl sites for hydroxylation is 1. The highest BCUT2D eigenvalue weighted by molar-refractivity contribution is 6.32. The van der Waals surface area contributed by atoms with Crippen molar-refractivity contribution in [3.05, 3.63) is 62.7 Å². The van der Waals surface area contributed by atoms with E-state index in [1.807, 2.05) is 0 Å². The predicted molar refractivity (Wildman–Crippen MR) is 78.9 cm³/mol. The van der Waals surface area contributed by atoms with E-state index in [2.05, 4.69) is 5.32 Å². The van der Waals surface area contributed by atoms with Crippen LogP contribution in [0.1, 0.15) is 15.9 Å². The number of nitro benzene ring substituents is 1. The average Bonchev–Trinajstić information content (AvgIpc) is 2.43. The number of benzene rings is 2. The molecule has 0 aliphatic carbocycles. The van der Waals surface area contributed by atoms with Gasteiger partial charge in [0.1, 0.15) is 10.8 Å². The Kier molecular flexibility index (Phi) is 4.09. The van der Waals surface area contributed by atoms with Crippen molar-refractivity contribution in [2.24, 2.45) is 0 Å². The number of carbonyl (C=O) groups is 1. The standard InChI is InChI=1S/C14H11ClN2O4/c1-8-2-4-10(7-13(8)18)16-14(19)9-3-5-11(15)12(6-9)17(20)21/h2-7,18H,1H3,(H,16,19). The van der Waals surface area contributed by atoms with Gasteiger partial charge < -0.3 is 10.4 Å². The number of hydrogen-bond donors (Lipinski definition) is 2. The van der Waals surface area contributed by atoms with E-state index in [9.17, 15) is 20.0 Å². The lowest BCUT2D eigenvalue weighted by Crippen LogP contribution is -2.12. The first-order chi connectivity index (χ1) is 9.88. The number of amides is 1. The lowest BCUT2D eigenvalue weighted by atomic mass is 10.1. The van der Waals surface area contributed by atoms with Gasteiger partial charge in [0.2, 0.25) is 0 Å². The van der Waals surface area contributed by atoms with E-state index < -0.39 is 10.8 Å². The number of phenols is 1. The Morgan fingerprint density at radius 1 is 1.29 bits per heavy atom. The van der Waals surface area contributed by atoms with Crippen molar-refractivity contribution < 1.29 is 14.8 Å². The molecule has 108 valence electrons. The molecule has 0 bridgehead atoms. The molecule has 0 saturated carbocycles. The highest BCUT2D eigenvalue weighted by atomic mass is 35.5. The lowest BCUT2D eigenvalue weighted by molar-refractivity contribution is -0.384. The van der Waals surface area contributed by atoms with E-state index in [0.29, 0.717) is 11.3 Å². The van der Waals surface area contributed by atoms with Crippen molar-refractivity contribution in [3.8, 4) is 5.75 Å². The van der Waals surface area contributed by atoms with Crippen LogP contribution < -0.4 is 5.32 Å². The van der Waals surface area contributed by atoms with Gasteiger partial charge in [-0.3, -0.25) is 14.9 Å². The molecule has 2 aromatic carbocycles. The molecule has 2 N–H and O–H groups in total. The summed E-state index contributed by atoms with van der Waals surface area (Å²) in [6, 6.07) is 8.45. The molecular formula is C14H11ClN2O4. The SMILES string of the molecule is Cc1ccc(NC(=O)c2ccc(Cl)c([N+](=O)[O-])c2)cc1O. The number of hydrogen-bond acceptors (Lipinski definition) is 4. The Hall–Kier alpha value is -2.60. The molecule has 0 aliphatic rings. The van der Waals surface area contributed by atoms with Crippen LogP contribution in [0.15, 0.2) is 36.4 Å². The molecule has 0 aliphatic heterocycles. The third kappa shape index (κ3) is 3.29. The van der Waals surface area contributed by atoms with Gasteiger partial charge in [-0.05, 0) is 30.7 Å². The van der Waals surface area contributed by atoms with E-state index in [4.69, 9.17) is 11.6 Å². The van der Waals surface area contributed by atoms with Crippen LogP contribution in [-0.4, -0.2) is 15.9 Å². The average molecular weight is 307 g/mol. The van der Waals surface area contributed by atoms with Crippen LogP contribution in [0.25, 0.3) is 0 Å². The second-order valence-corrected chi connectivity index (χ2v) is 4.79. The van der Waals surface area contributed by atoms with Gasteiger partial charge in [0.25, 0.3) is 11.6 Å². The van der Waals surface area contributed by atoms with Crippen LogP contribution in [0.2, 0.25) is 5.02 Å². The Labute approximate surface area is 125 Å². The van der Waals surface area contributed by atoms with Crippen molar-refractivity contribution >= 4 is 28.9 Å². The molecule has 2 aromatic rings. The molecule has 0 unspecified atom stereocenters. The molecule has 1 amide bonds. The Bertz CT molecular complexity index is 731. The zero-order valence-corrected chi connectivity index (χ0v) is 11.7. The maximum Gasteiger partial charge on any atom is 0.288 e. The molecule has 0 saturated heterocycles. The number of nitrogens with zero attached hydrogens (tertiary/aromatic N) is 1. The van der Waals surface area contributed by atoms with Crippen molar-refractivity contribution in [2.45, 2.75) is 6.92 Å². The first kappa shape index (κ1) is 14.8. The van der Waals surface area contributed by atoms with Gasteiger partial charge in [0, 0.05) is 23.4 Å². The smallest absolute Gasteiger partial charge is 0.288 e.